The van der Waals surface area contributed by atoms with Gasteiger partial charge in [0.25, 0.3) is 0 Å². The molecule has 0 saturated carbocycles. The van der Waals surface area contributed by atoms with E-state index in [9.17, 15) is 0 Å². The molecule has 0 aromatic heterocycles. The number of hydrogen-bond acceptors (Lipinski definition) is 5. The summed E-state index contributed by atoms with van der Waals surface area (Å²) in [5, 5.41) is 0. The van der Waals surface area contributed by atoms with E-state index in [1.165, 1.54) is 38.5 Å². The third kappa shape index (κ3) is 29.3. The Morgan fingerprint density at radius 2 is 0.674 bits per heavy atom. The number of rotatable bonds is 34. The van der Waals surface area contributed by atoms with Gasteiger partial charge in [-0.05, 0) is 110 Å². The molecule has 0 atom stereocenters. The summed E-state index contributed by atoms with van der Waals surface area (Å²) < 4.78 is 25.8. The first-order chi connectivity index (χ1) is 22.3. The second-order valence-corrected chi connectivity index (χ2v) is 19.8. The molecule has 270 valence electrons. The first kappa shape index (κ1) is 45.2. The lowest BCUT2D eigenvalue weighted by atomic mass is 10.3. The Morgan fingerprint density at radius 1 is 0.413 bits per heavy atom. The lowest BCUT2D eigenvalue weighted by Gasteiger charge is -2.28. The van der Waals surface area contributed by atoms with Crippen LogP contribution in [0, 0.1) is 0 Å². The molecule has 5 nitrogen and oxygen atoms in total. The highest BCUT2D eigenvalue weighted by Gasteiger charge is 2.31. The van der Waals surface area contributed by atoms with Gasteiger partial charge in [-0.1, -0.05) is 115 Å². The molecule has 0 spiro atoms. The van der Waals surface area contributed by atoms with E-state index in [-0.39, 0.29) is 0 Å². The van der Waals surface area contributed by atoms with Gasteiger partial charge in [0.05, 0.1) is 0 Å². The van der Waals surface area contributed by atoms with E-state index in [2.05, 4.69) is 101 Å². The summed E-state index contributed by atoms with van der Waals surface area (Å²) in [4.78, 5) is 2.50. The molecule has 7 heteroatoms. The summed E-state index contributed by atoms with van der Waals surface area (Å²) >= 11 is 0. The van der Waals surface area contributed by atoms with Gasteiger partial charge in [-0.3, -0.25) is 0 Å². The minimum Gasteiger partial charge on any atom is -0.394 e. The van der Waals surface area contributed by atoms with Gasteiger partial charge in [0.2, 0.25) is 0 Å². The molecular weight excluding hydrogens is 603 g/mol. The number of nitrogens with zero attached hydrogens (tertiary/aromatic N) is 1. The maximum atomic E-state index is 6.46. The molecule has 0 rings (SSSR count). The fourth-order valence-electron chi connectivity index (χ4n) is 5.12. The van der Waals surface area contributed by atoms with Gasteiger partial charge in [0.1, 0.15) is 0 Å². The molecule has 0 aliphatic rings. The van der Waals surface area contributed by atoms with Gasteiger partial charge >= 0.3 is 17.1 Å². The molecule has 0 aliphatic carbocycles. The van der Waals surface area contributed by atoms with Crippen LogP contribution in [0.2, 0.25) is 25.2 Å². The molecule has 0 radical (unpaired) electrons. The zero-order chi connectivity index (χ0) is 34.0. The lowest BCUT2D eigenvalue weighted by Crippen LogP contribution is -2.39. The van der Waals surface area contributed by atoms with Crippen LogP contribution in [0.1, 0.15) is 130 Å². The van der Waals surface area contributed by atoms with Crippen molar-refractivity contribution in [1.29, 1.82) is 0 Å². The molecule has 0 aromatic rings. The van der Waals surface area contributed by atoms with Crippen LogP contribution in [0.25, 0.3) is 0 Å². The molecule has 0 aliphatic heterocycles. The number of hydrogen-bond donors (Lipinski definition) is 0. The average molecular weight is 680 g/mol. The van der Waals surface area contributed by atoms with E-state index >= 15 is 0 Å². The number of unbranched alkanes of at least 4 members (excludes halogenated alkanes) is 6. The second kappa shape index (κ2) is 32.7. The Balaban J connectivity index is 4.61. The third-order valence-corrected chi connectivity index (χ3v) is 13.9. The van der Waals surface area contributed by atoms with Crippen LogP contribution in [0.15, 0.2) is 48.6 Å². The van der Waals surface area contributed by atoms with E-state index in [4.69, 9.17) is 17.7 Å². The monoisotopic (exact) mass is 680 g/mol. The highest BCUT2D eigenvalue weighted by Crippen LogP contribution is 2.20. The van der Waals surface area contributed by atoms with E-state index in [0.717, 1.165) is 116 Å². The van der Waals surface area contributed by atoms with Crippen molar-refractivity contribution >= 4 is 17.1 Å². The maximum Gasteiger partial charge on any atom is 0.334 e. The predicted molar refractivity (Wildman–Crippen MR) is 207 cm³/mol. The van der Waals surface area contributed by atoms with Crippen molar-refractivity contribution in [2.45, 2.75) is 156 Å². The molecule has 0 N–H and O–H groups in total. The third-order valence-electron chi connectivity index (χ3n) is 8.10. The van der Waals surface area contributed by atoms with Gasteiger partial charge < -0.3 is 22.6 Å². The van der Waals surface area contributed by atoms with Crippen LogP contribution in [0.3, 0.4) is 0 Å². The molecule has 0 amide bonds. The molecule has 46 heavy (non-hydrogen) atoms. The summed E-state index contributed by atoms with van der Waals surface area (Å²) in [5.41, 5.74) is 0. The van der Waals surface area contributed by atoms with Gasteiger partial charge in [0, 0.05) is 26.4 Å². The van der Waals surface area contributed by atoms with Crippen molar-refractivity contribution in [2.24, 2.45) is 0 Å². The topological polar surface area (TPSA) is 40.2 Å². The maximum absolute atomic E-state index is 6.46. The summed E-state index contributed by atoms with van der Waals surface area (Å²) in [6.07, 6.45) is 36.2. The zero-order valence-electron chi connectivity index (χ0n) is 31.7. The molecular formula is C39H77NO4Si2. The van der Waals surface area contributed by atoms with Crippen molar-refractivity contribution in [1.82, 2.24) is 4.90 Å². The van der Waals surface area contributed by atoms with Crippen LogP contribution in [-0.4, -0.2) is 68.6 Å². The van der Waals surface area contributed by atoms with Gasteiger partial charge in [-0.2, -0.15) is 0 Å². The molecule has 0 saturated heterocycles. The fraction of sp³-hybridized carbons (Fsp3) is 0.795. The molecule has 0 fully saturated rings. The van der Waals surface area contributed by atoms with Crippen molar-refractivity contribution in [3.8, 4) is 0 Å². The average Bonchev–Trinajstić information content (AvgIpc) is 3.04. The van der Waals surface area contributed by atoms with Crippen LogP contribution in [0.4, 0.5) is 0 Å². The molecule has 0 bridgehead atoms. The first-order valence-electron chi connectivity index (χ1n) is 19.2. The molecule has 0 heterocycles. The zero-order valence-corrected chi connectivity index (χ0v) is 33.7. The Morgan fingerprint density at radius 3 is 0.935 bits per heavy atom. The smallest absolute Gasteiger partial charge is 0.334 e. The minimum absolute atomic E-state index is 0.773. The Kier molecular flexibility index (Phi) is 32.2. The van der Waals surface area contributed by atoms with E-state index in [1.54, 1.807) is 0 Å². The van der Waals surface area contributed by atoms with Gasteiger partial charge in [0.15, 0.2) is 0 Å². The Bertz CT molecular complexity index is 665. The summed E-state index contributed by atoms with van der Waals surface area (Å²) in [5.74, 6) is 0. The summed E-state index contributed by atoms with van der Waals surface area (Å²) in [6, 6.07) is 2.14. The second-order valence-electron chi connectivity index (χ2n) is 13.1. The largest absolute Gasteiger partial charge is 0.394 e. The quantitative estimate of drug-likeness (QED) is 0.0384. The lowest BCUT2D eigenvalue weighted by molar-refractivity contribution is 0.176. The van der Waals surface area contributed by atoms with E-state index < -0.39 is 17.1 Å². The predicted octanol–water partition coefficient (Wildman–Crippen LogP) is 11.7. The summed E-state index contributed by atoms with van der Waals surface area (Å²) in [6.45, 7) is 18.8. The molecule has 0 unspecified atom stereocenters. The normalized spacial score (nSPS) is 13.2. The van der Waals surface area contributed by atoms with Gasteiger partial charge in [-0.15, -0.1) is 0 Å². The molecule has 0 aromatic carbocycles. The van der Waals surface area contributed by atoms with Crippen LogP contribution in [0.5, 0.6) is 0 Å². The highest BCUT2D eigenvalue weighted by atomic mass is 28.4. The fourth-order valence-corrected chi connectivity index (χ4v) is 9.85. The van der Waals surface area contributed by atoms with Gasteiger partial charge in [-0.25, -0.2) is 0 Å². The van der Waals surface area contributed by atoms with Crippen molar-refractivity contribution < 1.29 is 17.7 Å². The SMILES string of the molecule is CCC/C=C\CCO[Si](C)(CCCCN(C)CCCC[Si](C)(OCC/C=C\CCC)OCC/C=C\CCC)OCC/C=C\CCC. The van der Waals surface area contributed by atoms with Crippen LogP contribution >= 0.6 is 0 Å². The number of allylic oxidation sites excluding steroid dienone is 4. The highest BCUT2D eigenvalue weighted by molar-refractivity contribution is 6.66. The van der Waals surface area contributed by atoms with Crippen molar-refractivity contribution in [2.75, 3.05) is 46.6 Å². The first-order valence-corrected chi connectivity index (χ1v) is 24.2. The van der Waals surface area contributed by atoms with Crippen LogP contribution < -0.4 is 0 Å². The van der Waals surface area contributed by atoms with Crippen LogP contribution in [-0.2, 0) is 17.7 Å². The standard InChI is InChI=1S/C39H77NO4Si2/c1-8-12-16-20-26-34-41-45(6,42-35-27-21-17-13-9-2)38-30-24-32-40(5)33-25-31-39-46(7,43-36-28-22-18-14-10-3)44-37-29-23-19-15-11-4/h16-23H,8-15,24-39H2,1-7H3/b20-16-,21-17-,22-18-,23-19-. The minimum atomic E-state index is -2.17. The van der Waals surface area contributed by atoms with E-state index in [1.807, 2.05) is 0 Å². The Labute approximate surface area is 289 Å². The van der Waals surface area contributed by atoms with Crippen molar-refractivity contribution in [3.05, 3.63) is 48.6 Å². The summed E-state index contributed by atoms with van der Waals surface area (Å²) in [7, 11) is -2.07. The van der Waals surface area contributed by atoms with E-state index in [0.29, 0.717) is 0 Å². The van der Waals surface area contributed by atoms with Crippen molar-refractivity contribution in [3.63, 3.8) is 0 Å². The Hall–Kier alpha value is -0.806.